The van der Waals surface area contributed by atoms with Crippen LogP contribution in [0.25, 0.3) is 0 Å². The summed E-state index contributed by atoms with van der Waals surface area (Å²) in [6.45, 7) is 7.80. The Hall–Kier alpha value is -1.09. The van der Waals surface area contributed by atoms with Crippen molar-refractivity contribution in [2.24, 2.45) is 0 Å². The summed E-state index contributed by atoms with van der Waals surface area (Å²) in [7, 11) is -0.531. The molecule has 0 radical (unpaired) electrons. The van der Waals surface area contributed by atoms with Crippen LogP contribution in [0.3, 0.4) is 0 Å². The van der Waals surface area contributed by atoms with Crippen LogP contribution in [0.2, 0.25) is 6.04 Å². The summed E-state index contributed by atoms with van der Waals surface area (Å²) in [5, 5.41) is 1.35. The molecule has 0 atom stereocenters. The summed E-state index contributed by atoms with van der Waals surface area (Å²) in [4.78, 5) is 11.6. The lowest BCUT2D eigenvalue weighted by Crippen LogP contribution is -2.27. The second-order valence-corrected chi connectivity index (χ2v) is 6.77. The van der Waals surface area contributed by atoms with Crippen molar-refractivity contribution < 1.29 is 9.53 Å². The molecular formula is C13H20O2Si. The molecule has 0 aromatic heterocycles. The average Bonchev–Trinajstić information content (AvgIpc) is 2.14. The van der Waals surface area contributed by atoms with Gasteiger partial charge in [-0.1, -0.05) is 35.0 Å². The number of hydrogen-bond donors (Lipinski definition) is 0. The zero-order chi connectivity index (χ0) is 12.2. The van der Waals surface area contributed by atoms with E-state index in [2.05, 4.69) is 19.1 Å². The quantitative estimate of drug-likeness (QED) is 0.588. The van der Waals surface area contributed by atoms with Gasteiger partial charge in [-0.2, -0.15) is 0 Å². The van der Waals surface area contributed by atoms with E-state index in [-0.39, 0.29) is 11.6 Å². The van der Waals surface area contributed by atoms with Gasteiger partial charge in [0.2, 0.25) is 0 Å². The van der Waals surface area contributed by atoms with Crippen LogP contribution in [0.5, 0.6) is 0 Å². The second-order valence-electron chi connectivity index (χ2n) is 5.01. The molecule has 1 rings (SSSR count). The highest BCUT2D eigenvalue weighted by Crippen LogP contribution is 2.08. The third kappa shape index (κ3) is 4.62. The normalized spacial score (nSPS) is 12.0. The van der Waals surface area contributed by atoms with Crippen LogP contribution in [-0.2, 0) is 9.53 Å². The van der Waals surface area contributed by atoms with E-state index in [9.17, 15) is 4.79 Å². The van der Waals surface area contributed by atoms with Gasteiger partial charge >= 0.3 is 5.97 Å². The Balaban J connectivity index is 2.47. The van der Waals surface area contributed by atoms with Gasteiger partial charge in [0, 0.05) is 6.04 Å². The van der Waals surface area contributed by atoms with Gasteiger partial charge < -0.3 is 4.74 Å². The zero-order valence-corrected chi connectivity index (χ0v) is 12.0. The summed E-state index contributed by atoms with van der Waals surface area (Å²) in [6, 6.07) is 8.86. The van der Waals surface area contributed by atoms with Crippen molar-refractivity contribution in [3.8, 4) is 0 Å². The Morgan fingerprint density at radius 3 is 2.50 bits per heavy atom. The smallest absolute Gasteiger partial charge is 0.303 e. The van der Waals surface area contributed by atoms with Crippen molar-refractivity contribution in [1.29, 1.82) is 0 Å². The standard InChI is InChI=1S/C13H20O2Si/c1-10-7-5-6-8-11(10)16-9-12(14)15-13(2,3)4/h5-8H,9,16H2,1-4H3. The molecule has 2 nitrogen and oxygen atoms in total. The van der Waals surface area contributed by atoms with Gasteiger partial charge in [-0.05, 0) is 27.7 Å². The summed E-state index contributed by atoms with van der Waals surface area (Å²) in [5.41, 5.74) is 0.926. The number of aryl methyl sites for hydroxylation is 1. The van der Waals surface area contributed by atoms with Crippen LogP contribution in [0.1, 0.15) is 26.3 Å². The Morgan fingerprint density at radius 2 is 1.94 bits per heavy atom. The molecular weight excluding hydrogens is 216 g/mol. The number of carbonyl (C=O) groups excluding carboxylic acids is 1. The van der Waals surface area contributed by atoms with Crippen molar-refractivity contribution in [3.05, 3.63) is 29.8 Å². The van der Waals surface area contributed by atoms with Gasteiger partial charge in [0.25, 0.3) is 0 Å². The van der Waals surface area contributed by atoms with Gasteiger partial charge in [-0.15, -0.1) is 0 Å². The van der Waals surface area contributed by atoms with Crippen LogP contribution in [-0.4, -0.2) is 21.1 Å². The van der Waals surface area contributed by atoms with Crippen molar-refractivity contribution in [2.75, 3.05) is 0 Å². The van der Waals surface area contributed by atoms with E-state index < -0.39 is 9.52 Å². The first-order valence-electron chi connectivity index (χ1n) is 5.65. The van der Waals surface area contributed by atoms with Crippen LogP contribution >= 0.6 is 0 Å². The largest absolute Gasteiger partial charge is 0.460 e. The van der Waals surface area contributed by atoms with Crippen molar-refractivity contribution >= 4 is 20.7 Å². The molecule has 1 aromatic rings. The molecule has 0 fully saturated rings. The van der Waals surface area contributed by atoms with E-state index in [1.165, 1.54) is 10.8 Å². The third-order valence-corrected chi connectivity index (χ3v) is 4.27. The highest BCUT2D eigenvalue weighted by atomic mass is 28.2. The molecule has 0 unspecified atom stereocenters. The van der Waals surface area contributed by atoms with E-state index in [0.717, 1.165) is 0 Å². The van der Waals surface area contributed by atoms with Crippen LogP contribution in [0.4, 0.5) is 0 Å². The fraction of sp³-hybridized carbons (Fsp3) is 0.462. The second kappa shape index (κ2) is 5.30. The van der Waals surface area contributed by atoms with Crippen LogP contribution < -0.4 is 5.19 Å². The number of esters is 1. The Labute approximate surface area is 99.8 Å². The van der Waals surface area contributed by atoms with E-state index in [4.69, 9.17) is 4.74 Å². The summed E-state index contributed by atoms with van der Waals surface area (Å²) >= 11 is 0. The molecule has 0 bridgehead atoms. The van der Waals surface area contributed by atoms with E-state index in [1.54, 1.807) is 0 Å². The van der Waals surface area contributed by atoms with Crippen LogP contribution in [0, 0.1) is 6.92 Å². The van der Waals surface area contributed by atoms with Crippen LogP contribution in [0.15, 0.2) is 24.3 Å². The minimum absolute atomic E-state index is 0.0672. The van der Waals surface area contributed by atoms with Gasteiger partial charge in [0.05, 0.1) is 9.52 Å². The minimum Gasteiger partial charge on any atom is -0.460 e. The first-order chi connectivity index (χ1) is 7.38. The maximum atomic E-state index is 11.6. The lowest BCUT2D eigenvalue weighted by Gasteiger charge is -2.19. The molecule has 1 aromatic carbocycles. The maximum absolute atomic E-state index is 11.6. The lowest BCUT2D eigenvalue weighted by molar-refractivity contribution is -0.151. The Bertz CT molecular complexity index is 366. The predicted octanol–water partition coefficient (Wildman–Crippen LogP) is 1.55. The number of hydrogen-bond acceptors (Lipinski definition) is 2. The molecule has 0 spiro atoms. The molecule has 3 heteroatoms. The summed E-state index contributed by atoms with van der Waals surface area (Å²) in [5.74, 6) is -0.0672. The first-order valence-corrected chi connectivity index (χ1v) is 7.35. The average molecular weight is 236 g/mol. The van der Waals surface area contributed by atoms with Crippen molar-refractivity contribution in [2.45, 2.75) is 39.3 Å². The van der Waals surface area contributed by atoms with Gasteiger partial charge in [-0.3, -0.25) is 4.79 Å². The number of rotatable bonds is 3. The van der Waals surface area contributed by atoms with Gasteiger partial charge in [0.15, 0.2) is 0 Å². The molecule has 0 aliphatic rings. The zero-order valence-electron chi connectivity index (χ0n) is 10.5. The number of benzene rings is 1. The van der Waals surface area contributed by atoms with Gasteiger partial charge in [0.1, 0.15) is 5.60 Å². The Kier molecular flexibility index (Phi) is 4.30. The molecule has 0 aliphatic carbocycles. The lowest BCUT2D eigenvalue weighted by atomic mass is 10.2. The maximum Gasteiger partial charge on any atom is 0.303 e. The topological polar surface area (TPSA) is 26.3 Å². The first kappa shape index (κ1) is 13.0. The van der Waals surface area contributed by atoms with Gasteiger partial charge in [-0.25, -0.2) is 0 Å². The van der Waals surface area contributed by atoms with Crippen molar-refractivity contribution in [3.63, 3.8) is 0 Å². The summed E-state index contributed by atoms with van der Waals surface area (Å²) < 4.78 is 5.30. The number of carbonyl (C=O) groups is 1. The molecule has 0 saturated heterocycles. The molecule has 16 heavy (non-hydrogen) atoms. The SMILES string of the molecule is Cc1ccccc1[SiH2]CC(=O)OC(C)(C)C. The van der Waals surface area contributed by atoms with Crippen molar-refractivity contribution in [1.82, 2.24) is 0 Å². The fourth-order valence-electron chi connectivity index (χ4n) is 1.52. The third-order valence-electron chi connectivity index (χ3n) is 2.28. The monoisotopic (exact) mass is 236 g/mol. The highest BCUT2D eigenvalue weighted by Gasteiger charge is 2.16. The molecule has 0 heterocycles. The molecule has 0 amide bonds. The predicted molar refractivity (Wildman–Crippen MR) is 70.0 cm³/mol. The van der Waals surface area contributed by atoms with E-state index >= 15 is 0 Å². The summed E-state index contributed by atoms with van der Waals surface area (Å²) in [6.07, 6.45) is 0. The van der Waals surface area contributed by atoms with E-state index in [0.29, 0.717) is 6.04 Å². The highest BCUT2D eigenvalue weighted by molar-refractivity contribution is 6.57. The minimum atomic E-state index is -0.531. The molecule has 88 valence electrons. The Morgan fingerprint density at radius 1 is 1.31 bits per heavy atom. The molecule has 0 aliphatic heterocycles. The van der Waals surface area contributed by atoms with E-state index in [1.807, 2.05) is 32.9 Å². The molecule has 0 N–H and O–H groups in total. The molecule has 0 saturated carbocycles. The number of ether oxygens (including phenoxy) is 1. The fourth-order valence-corrected chi connectivity index (χ4v) is 2.91.